The van der Waals surface area contributed by atoms with Crippen LogP contribution in [-0.2, 0) is 0 Å². The maximum absolute atomic E-state index is 12.1. The zero-order valence-corrected chi connectivity index (χ0v) is 12.1. The molecule has 23 heavy (non-hydrogen) atoms. The fraction of sp³-hybridized carbons (Fsp3) is 0.0625. The number of nitro groups is 2. The van der Waals surface area contributed by atoms with E-state index in [-0.39, 0.29) is 17.2 Å². The third-order valence-corrected chi connectivity index (χ3v) is 3.24. The molecule has 0 radical (unpaired) electrons. The number of ketones is 1. The van der Waals surface area contributed by atoms with E-state index in [4.69, 9.17) is 0 Å². The molecule has 0 atom stereocenters. The topological polar surface area (TPSA) is 103 Å². The maximum atomic E-state index is 12.1. The van der Waals surface area contributed by atoms with E-state index in [1.165, 1.54) is 42.5 Å². The molecule has 2 aromatic carbocycles. The second-order valence-corrected chi connectivity index (χ2v) is 4.80. The third kappa shape index (κ3) is 3.85. The maximum Gasteiger partial charge on any atom is 0.269 e. The number of hydrogen-bond acceptors (Lipinski definition) is 5. The van der Waals surface area contributed by atoms with Gasteiger partial charge in [-0.3, -0.25) is 25.0 Å². The summed E-state index contributed by atoms with van der Waals surface area (Å²) in [5.41, 5.74) is 1.55. The fourth-order valence-electron chi connectivity index (χ4n) is 1.96. The lowest BCUT2D eigenvalue weighted by Gasteiger charge is -2.02. The molecule has 0 bridgehead atoms. The van der Waals surface area contributed by atoms with Crippen LogP contribution < -0.4 is 0 Å². The first-order valence-corrected chi connectivity index (χ1v) is 6.60. The summed E-state index contributed by atoms with van der Waals surface area (Å²) in [7, 11) is 0. The summed E-state index contributed by atoms with van der Waals surface area (Å²) in [6.07, 6.45) is 1.39. The minimum absolute atomic E-state index is 0.0248. The Balaban J connectivity index is 2.20. The van der Waals surface area contributed by atoms with Crippen molar-refractivity contribution < 1.29 is 14.6 Å². The molecule has 0 saturated heterocycles. The number of benzene rings is 2. The van der Waals surface area contributed by atoms with E-state index in [0.717, 1.165) is 0 Å². The molecule has 0 spiro atoms. The summed E-state index contributed by atoms with van der Waals surface area (Å²) in [5.74, 6) is -0.296. The molecule has 0 saturated carbocycles. The molecule has 0 heterocycles. The van der Waals surface area contributed by atoms with Gasteiger partial charge in [-0.15, -0.1) is 0 Å². The zero-order valence-electron chi connectivity index (χ0n) is 12.1. The molecule has 7 nitrogen and oxygen atoms in total. The first-order valence-electron chi connectivity index (χ1n) is 6.60. The number of hydrogen-bond donors (Lipinski definition) is 0. The summed E-state index contributed by atoms with van der Waals surface area (Å²) >= 11 is 0. The highest BCUT2D eigenvalue weighted by Gasteiger charge is 2.09. The number of carbonyl (C=O) groups is 1. The van der Waals surface area contributed by atoms with Gasteiger partial charge in [0.15, 0.2) is 5.78 Å². The van der Waals surface area contributed by atoms with Gasteiger partial charge in [-0.05, 0) is 48.4 Å². The molecule has 116 valence electrons. The first-order chi connectivity index (χ1) is 10.9. The Morgan fingerprint density at radius 2 is 1.22 bits per heavy atom. The number of nitrogens with zero attached hydrogens (tertiary/aromatic N) is 2. The zero-order chi connectivity index (χ0) is 17.0. The fourth-order valence-corrected chi connectivity index (χ4v) is 1.96. The van der Waals surface area contributed by atoms with Crippen molar-refractivity contribution in [3.8, 4) is 0 Å². The monoisotopic (exact) mass is 312 g/mol. The molecule has 2 aromatic rings. The van der Waals surface area contributed by atoms with Crippen LogP contribution in [0.1, 0.15) is 22.8 Å². The van der Waals surface area contributed by atoms with Crippen LogP contribution >= 0.6 is 0 Å². The van der Waals surface area contributed by atoms with Gasteiger partial charge < -0.3 is 0 Å². The van der Waals surface area contributed by atoms with E-state index in [1.807, 2.05) is 0 Å². The molecule has 2 rings (SSSR count). The quantitative estimate of drug-likeness (QED) is 0.361. The van der Waals surface area contributed by atoms with Crippen LogP contribution in [0, 0.1) is 20.2 Å². The lowest BCUT2D eigenvalue weighted by atomic mass is 10.0. The highest BCUT2D eigenvalue weighted by Crippen LogP contribution is 2.19. The SMILES string of the molecule is CC(=CC(=O)c1ccc([N+](=O)[O-])cc1)c1ccc([N+](=O)[O-])cc1. The Morgan fingerprint density at radius 1 is 0.826 bits per heavy atom. The molecule has 0 aromatic heterocycles. The molecule has 0 unspecified atom stereocenters. The van der Waals surface area contributed by atoms with Crippen LogP contribution in [0.25, 0.3) is 5.57 Å². The summed E-state index contributed by atoms with van der Waals surface area (Å²) in [6.45, 7) is 1.71. The normalized spacial score (nSPS) is 11.1. The van der Waals surface area contributed by atoms with Crippen molar-refractivity contribution in [2.24, 2.45) is 0 Å². The molecule has 0 aliphatic carbocycles. The standard InChI is InChI=1S/C16H12N2O5/c1-11(12-2-6-14(7-3-12)17(20)21)10-16(19)13-4-8-15(9-5-13)18(22)23/h2-10H,1H3. The van der Waals surface area contributed by atoms with Crippen molar-refractivity contribution in [2.45, 2.75) is 6.92 Å². The Bertz CT molecular complexity index is 792. The smallest absolute Gasteiger partial charge is 0.269 e. The molecule has 0 fully saturated rings. The Kier molecular flexibility index (Phi) is 4.61. The van der Waals surface area contributed by atoms with Crippen LogP contribution in [0.3, 0.4) is 0 Å². The van der Waals surface area contributed by atoms with Gasteiger partial charge in [0.2, 0.25) is 0 Å². The highest BCUT2D eigenvalue weighted by atomic mass is 16.6. The predicted octanol–water partition coefficient (Wildman–Crippen LogP) is 3.79. The second kappa shape index (κ2) is 6.61. The van der Waals surface area contributed by atoms with Crippen LogP contribution in [0.5, 0.6) is 0 Å². The minimum atomic E-state index is -0.535. The van der Waals surface area contributed by atoms with Gasteiger partial charge in [0.25, 0.3) is 11.4 Å². The Morgan fingerprint density at radius 3 is 1.61 bits per heavy atom. The van der Waals surface area contributed by atoms with E-state index in [2.05, 4.69) is 0 Å². The van der Waals surface area contributed by atoms with Crippen LogP contribution in [0.4, 0.5) is 11.4 Å². The van der Waals surface area contributed by atoms with E-state index in [0.29, 0.717) is 16.7 Å². The summed E-state index contributed by atoms with van der Waals surface area (Å²) in [5, 5.41) is 21.2. The molecule has 0 N–H and O–H groups in total. The van der Waals surface area contributed by atoms with Crippen molar-refractivity contribution >= 4 is 22.7 Å². The van der Waals surface area contributed by atoms with Crippen LogP contribution in [0.15, 0.2) is 54.6 Å². The molecule has 7 heteroatoms. The second-order valence-electron chi connectivity index (χ2n) is 4.80. The lowest BCUT2D eigenvalue weighted by Crippen LogP contribution is -1.97. The Labute approximate surface area is 131 Å². The Hall–Kier alpha value is -3.35. The summed E-state index contributed by atoms with van der Waals surface area (Å²) < 4.78 is 0. The van der Waals surface area contributed by atoms with Gasteiger partial charge in [0.05, 0.1) is 9.85 Å². The average molecular weight is 312 g/mol. The molecular formula is C16H12N2O5. The van der Waals surface area contributed by atoms with Crippen LogP contribution in [0.2, 0.25) is 0 Å². The van der Waals surface area contributed by atoms with Gasteiger partial charge in [0.1, 0.15) is 0 Å². The first kappa shape index (κ1) is 16.0. The van der Waals surface area contributed by atoms with Crippen molar-refractivity contribution in [1.82, 2.24) is 0 Å². The van der Waals surface area contributed by atoms with Gasteiger partial charge in [-0.25, -0.2) is 0 Å². The number of nitro benzene ring substituents is 2. The molecule has 0 aliphatic rings. The third-order valence-electron chi connectivity index (χ3n) is 3.24. The van der Waals surface area contributed by atoms with E-state index in [9.17, 15) is 25.0 Å². The number of non-ortho nitro benzene ring substituents is 2. The van der Waals surface area contributed by atoms with Crippen molar-refractivity contribution in [1.29, 1.82) is 0 Å². The number of carbonyl (C=O) groups excluding carboxylic acids is 1. The van der Waals surface area contributed by atoms with Gasteiger partial charge >= 0.3 is 0 Å². The van der Waals surface area contributed by atoms with Crippen molar-refractivity contribution in [3.05, 3.63) is 86.0 Å². The molecular weight excluding hydrogens is 300 g/mol. The number of rotatable bonds is 5. The highest BCUT2D eigenvalue weighted by molar-refractivity contribution is 6.08. The molecule has 0 amide bonds. The van der Waals surface area contributed by atoms with E-state index >= 15 is 0 Å². The van der Waals surface area contributed by atoms with Crippen molar-refractivity contribution in [3.63, 3.8) is 0 Å². The number of allylic oxidation sites excluding steroid dienone is 2. The van der Waals surface area contributed by atoms with E-state index in [1.54, 1.807) is 19.1 Å². The summed E-state index contributed by atoms with van der Waals surface area (Å²) in [6, 6.07) is 11.2. The summed E-state index contributed by atoms with van der Waals surface area (Å²) in [4.78, 5) is 32.3. The van der Waals surface area contributed by atoms with Gasteiger partial charge in [-0.2, -0.15) is 0 Å². The van der Waals surface area contributed by atoms with Gasteiger partial charge in [-0.1, -0.05) is 0 Å². The minimum Gasteiger partial charge on any atom is -0.289 e. The van der Waals surface area contributed by atoms with Gasteiger partial charge in [0, 0.05) is 29.8 Å². The predicted molar refractivity (Wildman–Crippen MR) is 84.2 cm³/mol. The van der Waals surface area contributed by atoms with E-state index < -0.39 is 9.85 Å². The largest absolute Gasteiger partial charge is 0.289 e. The molecule has 0 aliphatic heterocycles. The average Bonchev–Trinajstić information content (AvgIpc) is 2.54. The van der Waals surface area contributed by atoms with Crippen molar-refractivity contribution in [2.75, 3.05) is 0 Å². The lowest BCUT2D eigenvalue weighted by molar-refractivity contribution is -0.385. The van der Waals surface area contributed by atoms with Crippen LogP contribution in [-0.4, -0.2) is 15.6 Å².